The topological polar surface area (TPSA) is 29.5 Å². The minimum absolute atomic E-state index is 0.116. The fourth-order valence-corrected chi connectivity index (χ4v) is 3.47. The van der Waals surface area contributed by atoms with E-state index < -0.39 is 0 Å². The number of carbonyl (C=O) groups excluding carboxylic acids is 1. The van der Waals surface area contributed by atoms with Gasteiger partial charge >= 0.3 is 0 Å². The van der Waals surface area contributed by atoms with E-state index >= 15 is 0 Å². The van der Waals surface area contributed by atoms with E-state index in [1.165, 1.54) is 0 Å². The molecule has 1 amide bonds. The molecule has 0 atom stereocenters. The second kappa shape index (κ2) is 6.39. The highest BCUT2D eigenvalue weighted by atomic mass is 79.9. The molecule has 0 radical (unpaired) electrons. The lowest BCUT2D eigenvalue weighted by Crippen LogP contribution is -2.41. The Morgan fingerprint density at radius 3 is 2.38 bits per heavy atom. The van der Waals surface area contributed by atoms with Crippen LogP contribution in [0.3, 0.4) is 0 Å². The number of ether oxygens (including phenoxy) is 1. The first-order valence-electron chi connectivity index (χ1n) is 7.45. The number of rotatable bonds is 2. The lowest BCUT2D eigenvalue weighted by atomic mass is 9.75. The summed E-state index contributed by atoms with van der Waals surface area (Å²) in [7, 11) is 1.62. The van der Waals surface area contributed by atoms with Crippen LogP contribution in [-0.4, -0.2) is 31.0 Å². The molecular formula is C17H24BrNO2. The van der Waals surface area contributed by atoms with Gasteiger partial charge in [-0.25, -0.2) is 0 Å². The molecule has 1 fully saturated rings. The van der Waals surface area contributed by atoms with Gasteiger partial charge in [-0.2, -0.15) is 0 Å². The van der Waals surface area contributed by atoms with Crippen LogP contribution in [0.5, 0.6) is 5.75 Å². The van der Waals surface area contributed by atoms with Gasteiger partial charge in [-0.15, -0.1) is 0 Å². The van der Waals surface area contributed by atoms with Gasteiger partial charge in [0.05, 0.1) is 11.6 Å². The third-order valence-electron chi connectivity index (χ3n) is 4.41. The summed E-state index contributed by atoms with van der Waals surface area (Å²) < 4.78 is 6.02. The number of hydrogen-bond acceptors (Lipinski definition) is 2. The first kappa shape index (κ1) is 16.3. The van der Waals surface area contributed by atoms with Crippen LogP contribution in [0.2, 0.25) is 0 Å². The molecule has 4 heteroatoms. The summed E-state index contributed by atoms with van der Waals surface area (Å²) in [5, 5.41) is 0. The summed E-state index contributed by atoms with van der Waals surface area (Å²) in [6, 6.07) is 5.51. The van der Waals surface area contributed by atoms with E-state index in [1.54, 1.807) is 7.11 Å². The van der Waals surface area contributed by atoms with Crippen LogP contribution in [0, 0.1) is 11.3 Å². The Kier molecular flexibility index (Phi) is 4.97. The summed E-state index contributed by atoms with van der Waals surface area (Å²) >= 11 is 3.44. The quantitative estimate of drug-likeness (QED) is 0.790. The van der Waals surface area contributed by atoms with E-state index in [9.17, 15) is 4.79 Å². The predicted octanol–water partition coefficient (Wildman–Crippen LogP) is 4.36. The van der Waals surface area contributed by atoms with Crippen LogP contribution in [0.1, 0.15) is 44.0 Å². The van der Waals surface area contributed by atoms with Crippen LogP contribution in [0.25, 0.3) is 0 Å². The molecule has 1 aromatic rings. The summed E-state index contributed by atoms with van der Waals surface area (Å²) in [5.74, 6) is 1.56. The van der Waals surface area contributed by atoms with Crippen LogP contribution in [0.15, 0.2) is 22.7 Å². The van der Waals surface area contributed by atoms with Crippen molar-refractivity contribution in [2.75, 3.05) is 20.2 Å². The number of benzene rings is 1. The molecule has 21 heavy (non-hydrogen) atoms. The zero-order valence-electron chi connectivity index (χ0n) is 13.3. The number of carbonyl (C=O) groups is 1. The molecule has 0 aliphatic carbocycles. The molecule has 1 aliphatic heterocycles. The van der Waals surface area contributed by atoms with Crippen molar-refractivity contribution < 1.29 is 9.53 Å². The van der Waals surface area contributed by atoms with Gasteiger partial charge in [0.2, 0.25) is 0 Å². The summed E-state index contributed by atoms with van der Waals surface area (Å²) in [4.78, 5) is 14.5. The van der Waals surface area contributed by atoms with Crippen LogP contribution in [-0.2, 0) is 0 Å². The maximum absolute atomic E-state index is 12.6. The number of hydrogen-bond donors (Lipinski definition) is 0. The van der Waals surface area contributed by atoms with E-state index in [-0.39, 0.29) is 5.91 Å². The number of piperidine rings is 1. The van der Waals surface area contributed by atoms with Crippen LogP contribution < -0.4 is 4.74 Å². The molecular weight excluding hydrogens is 330 g/mol. The highest BCUT2D eigenvalue weighted by Crippen LogP contribution is 2.35. The first-order valence-corrected chi connectivity index (χ1v) is 8.25. The van der Waals surface area contributed by atoms with Crippen molar-refractivity contribution >= 4 is 21.8 Å². The van der Waals surface area contributed by atoms with Crippen molar-refractivity contribution in [1.29, 1.82) is 0 Å². The van der Waals surface area contributed by atoms with Gasteiger partial charge in [0.1, 0.15) is 5.75 Å². The van der Waals surface area contributed by atoms with Gasteiger partial charge in [0.25, 0.3) is 5.91 Å². The number of nitrogens with zero attached hydrogens (tertiary/aromatic N) is 1. The van der Waals surface area contributed by atoms with Gasteiger partial charge in [0.15, 0.2) is 0 Å². The second-order valence-electron chi connectivity index (χ2n) is 6.78. The lowest BCUT2D eigenvalue weighted by molar-refractivity contribution is 0.0608. The fourth-order valence-electron chi connectivity index (χ4n) is 2.93. The van der Waals surface area contributed by atoms with Crippen molar-refractivity contribution in [3.8, 4) is 5.75 Å². The third kappa shape index (κ3) is 3.79. The van der Waals surface area contributed by atoms with Crippen LogP contribution >= 0.6 is 15.9 Å². The Bertz CT molecular complexity index is 514. The standard InChI is InChI=1S/C17H24BrNO2/c1-17(2,3)13-7-9-19(10-8-13)16(20)12-5-6-15(21-4)14(18)11-12/h5-6,11,13H,7-10H2,1-4H3. The summed E-state index contributed by atoms with van der Waals surface area (Å²) in [6.07, 6.45) is 2.18. The van der Waals surface area contributed by atoms with Crippen molar-refractivity contribution in [3.63, 3.8) is 0 Å². The predicted molar refractivity (Wildman–Crippen MR) is 88.8 cm³/mol. The highest BCUT2D eigenvalue weighted by Gasteiger charge is 2.30. The maximum Gasteiger partial charge on any atom is 0.253 e. The molecule has 2 rings (SSSR count). The largest absolute Gasteiger partial charge is 0.496 e. The zero-order chi connectivity index (χ0) is 15.6. The van der Waals surface area contributed by atoms with E-state index in [2.05, 4.69) is 36.7 Å². The van der Waals surface area contributed by atoms with E-state index in [1.807, 2.05) is 23.1 Å². The minimum atomic E-state index is 0.116. The van der Waals surface area contributed by atoms with E-state index in [4.69, 9.17) is 4.74 Å². The normalized spacial score (nSPS) is 16.9. The SMILES string of the molecule is COc1ccc(C(=O)N2CCC(C(C)(C)C)CC2)cc1Br. The number of likely N-dealkylation sites (tertiary alicyclic amines) is 1. The molecule has 0 unspecified atom stereocenters. The van der Waals surface area contributed by atoms with E-state index in [0.717, 1.165) is 41.7 Å². The lowest BCUT2D eigenvalue weighted by Gasteiger charge is -2.38. The van der Waals surface area contributed by atoms with E-state index in [0.29, 0.717) is 11.3 Å². The number of methoxy groups -OCH3 is 1. The molecule has 0 aromatic heterocycles. The van der Waals surface area contributed by atoms with Gasteiger partial charge in [-0.1, -0.05) is 20.8 Å². The maximum atomic E-state index is 12.6. The minimum Gasteiger partial charge on any atom is -0.496 e. The average molecular weight is 354 g/mol. The van der Waals surface area contributed by atoms with Gasteiger partial charge < -0.3 is 9.64 Å². The molecule has 1 aromatic carbocycles. The van der Waals surface area contributed by atoms with Gasteiger partial charge in [-0.3, -0.25) is 4.79 Å². The van der Waals surface area contributed by atoms with Crippen molar-refractivity contribution in [1.82, 2.24) is 4.90 Å². The molecule has 1 saturated heterocycles. The van der Waals surface area contributed by atoms with Crippen molar-refractivity contribution in [2.24, 2.45) is 11.3 Å². The smallest absolute Gasteiger partial charge is 0.253 e. The Morgan fingerprint density at radius 1 is 1.29 bits per heavy atom. The second-order valence-corrected chi connectivity index (χ2v) is 7.64. The summed E-state index contributed by atoms with van der Waals surface area (Å²) in [6.45, 7) is 8.57. The molecule has 0 spiro atoms. The first-order chi connectivity index (χ1) is 9.82. The summed E-state index contributed by atoms with van der Waals surface area (Å²) in [5.41, 5.74) is 1.05. The molecule has 116 valence electrons. The Balaban J connectivity index is 2.04. The molecule has 0 N–H and O–H groups in total. The molecule has 1 heterocycles. The highest BCUT2D eigenvalue weighted by molar-refractivity contribution is 9.10. The number of halogens is 1. The molecule has 0 bridgehead atoms. The van der Waals surface area contributed by atoms with Crippen LogP contribution in [0.4, 0.5) is 0 Å². The van der Waals surface area contributed by atoms with Crippen molar-refractivity contribution in [2.45, 2.75) is 33.6 Å². The van der Waals surface area contributed by atoms with Crippen molar-refractivity contribution in [3.05, 3.63) is 28.2 Å². The fraction of sp³-hybridized carbons (Fsp3) is 0.588. The zero-order valence-corrected chi connectivity index (χ0v) is 14.9. The molecule has 0 saturated carbocycles. The number of amides is 1. The Hall–Kier alpha value is -1.03. The Labute approximate surface area is 135 Å². The Morgan fingerprint density at radius 2 is 1.90 bits per heavy atom. The molecule has 1 aliphatic rings. The third-order valence-corrected chi connectivity index (χ3v) is 5.03. The van der Waals surface area contributed by atoms with Gasteiger partial charge in [-0.05, 0) is 58.3 Å². The average Bonchev–Trinajstić information content (AvgIpc) is 2.45. The van der Waals surface area contributed by atoms with Gasteiger partial charge in [0, 0.05) is 18.7 Å². The monoisotopic (exact) mass is 353 g/mol. The molecule has 3 nitrogen and oxygen atoms in total.